The summed E-state index contributed by atoms with van der Waals surface area (Å²) in [5.74, 6) is 0.754. The van der Waals surface area contributed by atoms with Gasteiger partial charge in [-0.1, -0.05) is 13.0 Å². The maximum Gasteiger partial charge on any atom is 0.243 e. The number of anilines is 1. The number of hydrogen-bond donors (Lipinski definition) is 1. The highest BCUT2D eigenvalue weighted by Crippen LogP contribution is 2.38. The van der Waals surface area contributed by atoms with Gasteiger partial charge in [-0.2, -0.15) is 5.26 Å². The van der Waals surface area contributed by atoms with Crippen LogP contribution < -0.4 is 14.2 Å². The number of nitrogens with zero attached hydrogens (tertiary/aromatic N) is 7. The maximum atomic E-state index is 13.6. The number of pyridine rings is 1. The third-order valence-electron chi connectivity index (χ3n) is 6.05. The van der Waals surface area contributed by atoms with Crippen LogP contribution in [0.3, 0.4) is 0 Å². The van der Waals surface area contributed by atoms with E-state index in [1.165, 1.54) is 31.2 Å². The van der Waals surface area contributed by atoms with Gasteiger partial charge in [0.05, 0.1) is 25.0 Å². The zero-order valence-electron chi connectivity index (χ0n) is 21.4. The zero-order valence-corrected chi connectivity index (χ0v) is 22.3. The van der Waals surface area contributed by atoms with Crippen LogP contribution in [0, 0.1) is 18.3 Å². The van der Waals surface area contributed by atoms with Crippen LogP contribution in [0.1, 0.15) is 36.7 Å². The average molecular weight is 535 g/mol. The van der Waals surface area contributed by atoms with Crippen molar-refractivity contribution < 1.29 is 17.9 Å². The minimum Gasteiger partial charge on any atom is -0.494 e. The number of para-hydroxylation sites is 1. The van der Waals surface area contributed by atoms with E-state index in [-0.39, 0.29) is 11.8 Å². The number of ether oxygens (including phenoxy) is 2. The molecule has 3 aromatic heterocycles. The first-order chi connectivity index (χ1) is 18.2. The Morgan fingerprint density at radius 1 is 1.03 bits per heavy atom. The second-order valence-corrected chi connectivity index (χ2v) is 10.6. The summed E-state index contributed by atoms with van der Waals surface area (Å²) in [6.07, 6.45) is 6.20. The SMILES string of the molecule is COc1cccc(OC)c1-n1c(NS(=O)(=O)C(C)C(C)c2ncc(C)cn2)nnc1-c1cncc(C#N)c1. The Morgan fingerprint density at radius 2 is 1.68 bits per heavy atom. The fourth-order valence-electron chi connectivity index (χ4n) is 3.76. The van der Waals surface area contributed by atoms with Crippen LogP contribution in [-0.2, 0) is 10.0 Å². The number of nitriles is 1. The van der Waals surface area contributed by atoms with Crippen LogP contribution in [0.15, 0.2) is 49.1 Å². The van der Waals surface area contributed by atoms with E-state index in [9.17, 15) is 13.7 Å². The van der Waals surface area contributed by atoms with E-state index in [1.54, 1.807) is 50.5 Å². The summed E-state index contributed by atoms with van der Waals surface area (Å²) in [6.45, 7) is 5.17. The lowest BCUT2D eigenvalue weighted by Crippen LogP contribution is -2.31. The van der Waals surface area contributed by atoms with Gasteiger partial charge in [0.15, 0.2) is 5.82 Å². The van der Waals surface area contributed by atoms with Crippen molar-refractivity contribution in [3.05, 3.63) is 66.0 Å². The van der Waals surface area contributed by atoms with E-state index in [0.29, 0.717) is 34.1 Å². The van der Waals surface area contributed by atoms with Crippen LogP contribution in [0.5, 0.6) is 11.5 Å². The van der Waals surface area contributed by atoms with Gasteiger partial charge in [0.1, 0.15) is 29.1 Å². The molecule has 38 heavy (non-hydrogen) atoms. The quantitative estimate of drug-likeness (QED) is 0.338. The lowest BCUT2D eigenvalue weighted by Gasteiger charge is -2.21. The summed E-state index contributed by atoms with van der Waals surface area (Å²) >= 11 is 0. The summed E-state index contributed by atoms with van der Waals surface area (Å²) in [5.41, 5.74) is 1.97. The van der Waals surface area contributed by atoms with E-state index < -0.39 is 21.2 Å². The van der Waals surface area contributed by atoms with Crippen LogP contribution in [-0.4, -0.2) is 57.6 Å². The van der Waals surface area contributed by atoms with Crippen molar-refractivity contribution >= 4 is 16.0 Å². The van der Waals surface area contributed by atoms with Gasteiger partial charge in [-0.25, -0.2) is 18.4 Å². The lowest BCUT2D eigenvalue weighted by molar-refractivity contribution is 0.391. The third kappa shape index (κ3) is 5.12. The standard InChI is InChI=1S/C25H26N8O4S/c1-15-11-28-23(29-12-15)16(2)17(3)38(34,35)32-25-31-30-24(19-9-18(10-26)13-27-14-19)33(25)22-20(36-4)7-6-8-21(22)37-5/h6-9,11-14,16-17H,1-5H3,(H,31,32). The van der Waals surface area contributed by atoms with Gasteiger partial charge >= 0.3 is 0 Å². The van der Waals surface area contributed by atoms with Crippen LogP contribution in [0.4, 0.5) is 5.95 Å². The first-order valence-electron chi connectivity index (χ1n) is 11.5. The van der Waals surface area contributed by atoms with Crippen LogP contribution in [0.25, 0.3) is 17.1 Å². The molecule has 0 amide bonds. The largest absolute Gasteiger partial charge is 0.494 e. The molecule has 4 aromatic rings. The number of hydrogen-bond acceptors (Lipinski definition) is 10. The van der Waals surface area contributed by atoms with Gasteiger partial charge in [0.2, 0.25) is 16.0 Å². The Bertz CT molecular complexity index is 1570. The molecule has 4 rings (SSSR count). The molecule has 1 N–H and O–H groups in total. The number of nitrogens with one attached hydrogen (secondary N) is 1. The molecule has 0 radical (unpaired) electrons. The molecular weight excluding hydrogens is 508 g/mol. The average Bonchev–Trinajstić information content (AvgIpc) is 3.34. The van der Waals surface area contributed by atoms with Gasteiger partial charge in [-0.15, -0.1) is 10.2 Å². The predicted octanol–water partition coefficient (Wildman–Crippen LogP) is 3.25. The van der Waals surface area contributed by atoms with E-state index in [2.05, 4.69) is 29.9 Å². The molecule has 2 unspecified atom stereocenters. The lowest BCUT2D eigenvalue weighted by atomic mass is 10.1. The summed E-state index contributed by atoms with van der Waals surface area (Å²) in [6, 6.07) is 8.75. The highest BCUT2D eigenvalue weighted by Gasteiger charge is 2.32. The van der Waals surface area contributed by atoms with Gasteiger partial charge in [0, 0.05) is 36.3 Å². The molecule has 2 atom stereocenters. The van der Waals surface area contributed by atoms with Crippen molar-refractivity contribution in [1.29, 1.82) is 5.26 Å². The Kier molecular flexibility index (Phi) is 7.54. The topological polar surface area (TPSA) is 158 Å². The Balaban J connectivity index is 1.85. The van der Waals surface area contributed by atoms with E-state index in [0.717, 1.165) is 5.56 Å². The smallest absolute Gasteiger partial charge is 0.243 e. The first-order valence-corrected chi connectivity index (χ1v) is 13.1. The molecule has 0 fully saturated rings. The van der Waals surface area contributed by atoms with E-state index in [1.807, 2.05) is 13.0 Å². The summed E-state index contributed by atoms with van der Waals surface area (Å²) in [4.78, 5) is 12.7. The molecular formula is C25H26N8O4S. The van der Waals surface area contributed by atoms with Gasteiger partial charge in [0.25, 0.3) is 0 Å². The number of benzene rings is 1. The predicted molar refractivity (Wildman–Crippen MR) is 140 cm³/mol. The number of sulfonamides is 1. The molecule has 0 saturated carbocycles. The zero-order chi connectivity index (χ0) is 27.4. The van der Waals surface area contributed by atoms with Crippen molar-refractivity contribution in [3.8, 4) is 34.6 Å². The molecule has 12 nitrogen and oxygen atoms in total. The minimum atomic E-state index is -4.03. The summed E-state index contributed by atoms with van der Waals surface area (Å²) < 4.78 is 42.3. The van der Waals surface area contributed by atoms with Gasteiger partial charge < -0.3 is 9.47 Å². The monoisotopic (exact) mass is 534 g/mol. The third-order valence-corrected chi connectivity index (χ3v) is 7.90. The molecule has 0 aliphatic heterocycles. The van der Waals surface area contributed by atoms with Crippen molar-refractivity contribution in [2.45, 2.75) is 31.9 Å². The molecule has 13 heteroatoms. The number of aryl methyl sites for hydroxylation is 1. The van der Waals surface area contributed by atoms with Crippen LogP contribution >= 0.6 is 0 Å². The number of rotatable bonds is 9. The molecule has 196 valence electrons. The highest BCUT2D eigenvalue weighted by atomic mass is 32.2. The Labute approximate surface area is 220 Å². The minimum absolute atomic E-state index is 0.103. The van der Waals surface area contributed by atoms with E-state index in [4.69, 9.17) is 9.47 Å². The summed E-state index contributed by atoms with van der Waals surface area (Å²) in [7, 11) is -1.06. The molecule has 3 heterocycles. The van der Waals surface area contributed by atoms with E-state index >= 15 is 0 Å². The highest BCUT2D eigenvalue weighted by molar-refractivity contribution is 7.93. The fourth-order valence-corrected chi connectivity index (χ4v) is 4.99. The summed E-state index contributed by atoms with van der Waals surface area (Å²) in [5, 5.41) is 16.8. The molecule has 0 spiro atoms. The second kappa shape index (κ2) is 10.8. The first kappa shape index (κ1) is 26.5. The van der Waals surface area contributed by atoms with Crippen molar-refractivity contribution in [2.75, 3.05) is 18.9 Å². The molecule has 1 aromatic carbocycles. The van der Waals surface area contributed by atoms with Crippen molar-refractivity contribution in [1.82, 2.24) is 29.7 Å². The maximum absolute atomic E-state index is 13.6. The Hall–Kier alpha value is -4.57. The molecule has 0 saturated heterocycles. The fraction of sp³-hybridized carbons (Fsp3) is 0.280. The van der Waals surface area contributed by atoms with Gasteiger partial charge in [-0.05, 0) is 37.6 Å². The Morgan fingerprint density at radius 3 is 2.29 bits per heavy atom. The van der Waals surface area contributed by atoms with Crippen LogP contribution in [0.2, 0.25) is 0 Å². The molecule has 0 bridgehead atoms. The molecule has 0 aliphatic carbocycles. The normalized spacial score (nSPS) is 12.8. The van der Waals surface area contributed by atoms with Crippen molar-refractivity contribution in [3.63, 3.8) is 0 Å². The number of aromatic nitrogens is 6. The van der Waals surface area contributed by atoms with Crippen molar-refractivity contribution in [2.24, 2.45) is 0 Å². The van der Waals surface area contributed by atoms with Gasteiger partial charge in [-0.3, -0.25) is 14.3 Å². The second-order valence-electron chi connectivity index (χ2n) is 8.53. The number of methoxy groups -OCH3 is 2. The molecule has 0 aliphatic rings.